The Balaban J connectivity index is 2.24. The van der Waals surface area contributed by atoms with Crippen LogP contribution in [0.15, 0.2) is 30.0 Å². The van der Waals surface area contributed by atoms with Crippen molar-refractivity contribution < 1.29 is 4.79 Å². The summed E-state index contributed by atoms with van der Waals surface area (Å²) >= 11 is 0. The molecule has 2 rings (SSSR count). The molecule has 1 aromatic heterocycles. The summed E-state index contributed by atoms with van der Waals surface area (Å²) in [4.78, 5) is 16.4. The molecule has 84 valence electrons. The molecule has 0 amide bonds. The Morgan fingerprint density at radius 3 is 3.00 bits per heavy atom. The summed E-state index contributed by atoms with van der Waals surface area (Å²) in [6.07, 6.45) is 9.30. The van der Waals surface area contributed by atoms with Crippen molar-refractivity contribution >= 4 is 5.78 Å². The topological polar surface area (TPSA) is 30.0 Å². The van der Waals surface area contributed by atoms with Gasteiger partial charge < -0.3 is 0 Å². The second-order valence-corrected chi connectivity index (χ2v) is 4.33. The van der Waals surface area contributed by atoms with E-state index in [0.29, 0.717) is 5.69 Å². The second kappa shape index (κ2) is 5.06. The summed E-state index contributed by atoms with van der Waals surface area (Å²) < 4.78 is 0. The highest BCUT2D eigenvalue weighted by molar-refractivity contribution is 6.08. The van der Waals surface area contributed by atoms with E-state index in [2.05, 4.69) is 11.1 Å². The molecule has 0 N–H and O–H groups in total. The fourth-order valence-corrected chi connectivity index (χ4v) is 2.10. The summed E-state index contributed by atoms with van der Waals surface area (Å²) in [5.74, 6) is 0.125. The van der Waals surface area contributed by atoms with Crippen LogP contribution in [0.5, 0.6) is 0 Å². The van der Waals surface area contributed by atoms with Crippen molar-refractivity contribution in [3.8, 4) is 0 Å². The van der Waals surface area contributed by atoms with Crippen LogP contribution in [0, 0.1) is 6.92 Å². The average Bonchev–Trinajstić information content (AvgIpc) is 2.57. The average molecular weight is 215 g/mol. The smallest absolute Gasteiger partial charge is 0.207 e. The molecule has 2 heteroatoms. The van der Waals surface area contributed by atoms with Gasteiger partial charge in [0.15, 0.2) is 0 Å². The molecule has 0 atom stereocenters. The van der Waals surface area contributed by atoms with Gasteiger partial charge in [-0.1, -0.05) is 18.6 Å². The van der Waals surface area contributed by atoms with Crippen LogP contribution < -0.4 is 0 Å². The second-order valence-electron chi connectivity index (χ2n) is 4.33. The van der Waals surface area contributed by atoms with Crippen LogP contribution in [-0.2, 0) is 0 Å². The third-order valence-corrected chi connectivity index (χ3v) is 3.06. The van der Waals surface area contributed by atoms with Gasteiger partial charge in [-0.05, 0) is 49.8 Å². The molecule has 0 bridgehead atoms. The van der Waals surface area contributed by atoms with Crippen molar-refractivity contribution in [1.29, 1.82) is 0 Å². The number of nitrogens with zero attached hydrogens (tertiary/aromatic N) is 1. The van der Waals surface area contributed by atoms with Crippen molar-refractivity contribution in [1.82, 2.24) is 4.98 Å². The first kappa shape index (κ1) is 11.1. The van der Waals surface area contributed by atoms with E-state index in [1.54, 1.807) is 6.20 Å². The molecule has 0 aromatic carbocycles. The molecule has 16 heavy (non-hydrogen) atoms. The lowest BCUT2D eigenvalue weighted by Crippen LogP contribution is -2.07. The highest BCUT2D eigenvalue weighted by Crippen LogP contribution is 2.21. The highest BCUT2D eigenvalue weighted by Gasteiger charge is 2.16. The molecule has 0 fully saturated rings. The fraction of sp³-hybridized carbons (Fsp3) is 0.429. The number of rotatable bonds is 2. The molecular weight excluding hydrogens is 198 g/mol. The van der Waals surface area contributed by atoms with E-state index in [9.17, 15) is 4.79 Å². The standard InChI is InChI=1S/C14H17NO/c1-11-7-6-10-15-13(11)14(16)12-8-4-2-3-5-9-12/h6-8,10H,2-5,9H2,1H3. The van der Waals surface area contributed by atoms with Gasteiger partial charge in [0.25, 0.3) is 0 Å². The first-order chi connectivity index (χ1) is 7.79. The van der Waals surface area contributed by atoms with Gasteiger partial charge in [-0.25, -0.2) is 0 Å². The Labute approximate surface area is 96.4 Å². The minimum Gasteiger partial charge on any atom is -0.287 e. The summed E-state index contributed by atoms with van der Waals surface area (Å²) in [6, 6.07) is 3.81. The highest BCUT2D eigenvalue weighted by atomic mass is 16.1. The van der Waals surface area contributed by atoms with Gasteiger partial charge in [-0.15, -0.1) is 0 Å². The van der Waals surface area contributed by atoms with Gasteiger partial charge in [-0.3, -0.25) is 9.78 Å². The molecule has 1 aromatic rings. The minimum absolute atomic E-state index is 0.125. The molecule has 1 aliphatic carbocycles. The maximum Gasteiger partial charge on any atom is 0.207 e. The van der Waals surface area contributed by atoms with E-state index in [1.165, 1.54) is 12.8 Å². The first-order valence-corrected chi connectivity index (χ1v) is 5.94. The Morgan fingerprint density at radius 1 is 1.31 bits per heavy atom. The number of pyridine rings is 1. The van der Waals surface area contributed by atoms with E-state index >= 15 is 0 Å². The lowest BCUT2D eigenvalue weighted by atomic mass is 10.0. The van der Waals surface area contributed by atoms with E-state index in [4.69, 9.17) is 0 Å². The number of aryl methyl sites for hydroxylation is 1. The summed E-state index contributed by atoms with van der Waals surface area (Å²) in [5.41, 5.74) is 2.55. The molecule has 0 saturated heterocycles. The molecule has 0 unspecified atom stereocenters. The maximum atomic E-state index is 12.2. The van der Waals surface area contributed by atoms with Gasteiger partial charge in [-0.2, -0.15) is 0 Å². The van der Waals surface area contributed by atoms with Crippen LogP contribution >= 0.6 is 0 Å². The molecule has 0 radical (unpaired) electrons. The third kappa shape index (κ3) is 2.38. The normalized spacial score (nSPS) is 16.4. The molecule has 1 heterocycles. The van der Waals surface area contributed by atoms with Crippen LogP contribution in [0.25, 0.3) is 0 Å². The van der Waals surface area contributed by atoms with Crippen LogP contribution in [0.4, 0.5) is 0 Å². The molecule has 0 spiro atoms. The number of hydrogen-bond acceptors (Lipinski definition) is 2. The van der Waals surface area contributed by atoms with Gasteiger partial charge >= 0.3 is 0 Å². The number of carbonyl (C=O) groups excluding carboxylic acids is 1. The number of carbonyl (C=O) groups is 1. The van der Waals surface area contributed by atoms with Gasteiger partial charge in [0.2, 0.25) is 5.78 Å². The number of Topliss-reactive ketones (excluding diaryl/α,β-unsaturated/α-hetero) is 1. The number of allylic oxidation sites excluding steroid dienone is 2. The SMILES string of the molecule is Cc1cccnc1C(=O)C1=CCCCCC1. The predicted molar refractivity (Wildman–Crippen MR) is 64.5 cm³/mol. The molecule has 1 aliphatic rings. The van der Waals surface area contributed by atoms with Crippen molar-refractivity contribution in [3.63, 3.8) is 0 Å². The van der Waals surface area contributed by atoms with Crippen molar-refractivity contribution in [2.45, 2.75) is 39.0 Å². The minimum atomic E-state index is 0.125. The zero-order valence-corrected chi connectivity index (χ0v) is 9.70. The van der Waals surface area contributed by atoms with Gasteiger partial charge in [0, 0.05) is 6.20 Å². The Bertz CT molecular complexity index is 420. The lowest BCUT2D eigenvalue weighted by molar-refractivity contribution is 0.102. The van der Waals surface area contributed by atoms with E-state index in [0.717, 1.165) is 30.4 Å². The molecule has 2 nitrogen and oxygen atoms in total. The predicted octanol–water partition coefficient (Wildman–Crippen LogP) is 3.46. The third-order valence-electron chi connectivity index (χ3n) is 3.06. The molecule has 0 saturated carbocycles. The quantitative estimate of drug-likeness (QED) is 0.707. The first-order valence-electron chi connectivity index (χ1n) is 5.94. The van der Waals surface area contributed by atoms with Gasteiger partial charge in [0.05, 0.1) is 0 Å². The fourth-order valence-electron chi connectivity index (χ4n) is 2.10. The Hall–Kier alpha value is -1.44. The van der Waals surface area contributed by atoms with Crippen LogP contribution in [0.3, 0.4) is 0 Å². The van der Waals surface area contributed by atoms with Crippen molar-refractivity contribution in [2.75, 3.05) is 0 Å². The van der Waals surface area contributed by atoms with Crippen molar-refractivity contribution in [2.24, 2.45) is 0 Å². The largest absolute Gasteiger partial charge is 0.287 e. The number of ketones is 1. The van der Waals surface area contributed by atoms with Crippen LogP contribution in [0.1, 0.15) is 48.2 Å². The summed E-state index contributed by atoms with van der Waals surface area (Å²) in [5, 5.41) is 0. The summed E-state index contributed by atoms with van der Waals surface area (Å²) in [7, 11) is 0. The zero-order chi connectivity index (χ0) is 11.4. The molecular formula is C14H17NO. The number of hydrogen-bond donors (Lipinski definition) is 0. The lowest BCUT2D eigenvalue weighted by Gasteiger charge is -2.06. The van der Waals surface area contributed by atoms with E-state index in [1.807, 2.05) is 19.1 Å². The Morgan fingerprint density at radius 2 is 2.19 bits per heavy atom. The van der Waals surface area contributed by atoms with Crippen LogP contribution in [0.2, 0.25) is 0 Å². The summed E-state index contributed by atoms with van der Waals surface area (Å²) in [6.45, 7) is 1.94. The maximum absolute atomic E-state index is 12.2. The molecule has 0 aliphatic heterocycles. The zero-order valence-electron chi connectivity index (χ0n) is 9.70. The monoisotopic (exact) mass is 215 g/mol. The Kier molecular flexibility index (Phi) is 3.50. The van der Waals surface area contributed by atoms with Gasteiger partial charge in [0.1, 0.15) is 5.69 Å². The van der Waals surface area contributed by atoms with E-state index < -0.39 is 0 Å². The van der Waals surface area contributed by atoms with Crippen LogP contribution in [-0.4, -0.2) is 10.8 Å². The van der Waals surface area contributed by atoms with E-state index in [-0.39, 0.29) is 5.78 Å². The number of aromatic nitrogens is 1. The van der Waals surface area contributed by atoms with Crippen molar-refractivity contribution in [3.05, 3.63) is 41.2 Å².